The second kappa shape index (κ2) is 5.89. The highest BCUT2D eigenvalue weighted by Crippen LogP contribution is 2.38. The maximum Gasteiger partial charge on any atom is 0.357 e. The molecule has 3 fully saturated rings. The molecule has 2 bridgehead atoms. The van der Waals surface area contributed by atoms with Crippen molar-refractivity contribution in [1.82, 2.24) is 19.7 Å². The molecule has 0 aliphatic carbocycles. The van der Waals surface area contributed by atoms with Crippen molar-refractivity contribution in [3.63, 3.8) is 0 Å². The number of rotatable bonds is 3. The standard InChI is InChI=1S/C19H20N4O2S/c1-11-9-20-18(26-11)13-2-3-14-15(8-13)23(21-17(14)19(24)25)16-10-22-6-4-12(16)5-7-22/h2-3,8-9,12,16H,4-7,10H2,1H3,(H,24,25)/t16-/m0/s1. The van der Waals surface area contributed by atoms with Crippen LogP contribution in [0, 0.1) is 12.8 Å². The number of thiazole rings is 1. The topological polar surface area (TPSA) is 71.2 Å². The van der Waals surface area contributed by atoms with Gasteiger partial charge in [-0.05, 0) is 50.9 Å². The Bertz CT molecular complexity index is 1000. The predicted octanol–water partition coefficient (Wildman–Crippen LogP) is 3.43. The van der Waals surface area contributed by atoms with Gasteiger partial charge in [0.25, 0.3) is 0 Å². The lowest BCUT2D eigenvalue weighted by molar-refractivity contribution is 0.0523. The normalized spacial score (nSPS) is 25.0. The molecule has 1 N–H and O–H groups in total. The number of carbonyl (C=O) groups is 1. The van der Waals surface area contributed by atoms with Crippen molar-refractivity contribution in [3.05, 3.63) is 35.0 Å². The Kier molecular flexibility index (Phi) is 3.62. The number of aromatic nitrogens is 3. The third-order valence-corrected chi connectivity index (χ3v) is 6.68. The second-order valence-corrected chi connectivity index (χ2v) is 8.55. The van der Waals surface area contributed by atoms with E-state index in [-0.39, 0.29) is 11.7 Å². The highest BCUT2D eigenvalue weighted by molar-refractivity contribution is 7.14. The van der Waals surface area contributed by atoms with Gasteiger partial charge in [0.05, 0.1) is 11.6 Å². The molecule has 3 aliphatic heterocycles. The summed E-state index contributed by atoms with van der Waals surface area (Å²) in [6, 6.07) is 6.15. The Hall–Kier alpha value is -2.25. The number of aryl methyl sites for hydroxylation is 1. The molecule has 0 amide bonds. The SMILES string of the molecule is Cc1cnc(-c2ccc3c(C(=O)O)nn([C@H]4CN5CCC4CC5)c3c2)s1. The third kappa shape index (κ3) is 2.46. The summed E-state index contributed by atoms with van der Waals surface area (Å²) in [5, 5.41) is 15.8. The van der Waals surface area contributed by atoms with Crippen LogP contribution >= 0.6 is 11.3 Å². The molecule has 3 aliphatic rings. The smallest absolute Gasteiger partial charge is 0.357 e. The largest absolute Gasteiger partial charge is 0.476 e. The van der Waals surface area contributed by atoms with E-state index < -0.39 is 5.97 Å². The zero-order valence-electron chi connectivity index (χ0n) is 14.6. The van der Waals surface area contributed by atoms with Gasteiger partial charge in [0, 0.05) is 28.6 Å². The molecule has 0 radical (unpaired) electrons. The third-order valence-electron chi connectivity index (χ3n) is 5.71. The van der Waals surface area contributed by atoms with Crippen molar-refractivity contribution < 1.29 is 9.90 Å². The van der Waals surface area contributed by atoms with Crippen LogP contribution in [-0.2, 0) is 0 Å². The number of carboxylic acid groups (broad SMARTS) is 1. The van der Waals surface area contributed by atoms with Gasteiger partial charge >= 0.3 is 5.97 Å². The van der Waals surface area contributed by atoms with Crippen LogP contribution in [0.25, 0.3) is 21.5 Å². The van der Waals surface area contributed by atoms with Crippen LogP contribution in [0.15, 0.2) is 24.4 Å². The lowest BCUT2D eigenvalue weighted by Crippen LogP contribution is -2.48. The molecule has 6 nitrogen and oxygen atoms in total. The van der Waals surface area contributed by atoms with Crippen LogP contribution in [0.5, 0.6) is 0 Å². The molecule has 0 unspecified atom stereocenters. The molecule has 1 aromatic carbocycles. The number of benzene rings is 1. The van der Waals surface area contributed by atoms with Gasteiger partial charge in [-0.25, -0.2) is 9.78 Å². The number of carboxylic acids is 1. The molecule has 0 spiro atoms. The minimum atomic E-state index is -0.965. The van der Waals surface area contributed by atoms with Gasteiger partial charge in [-0.3, -0.25) is 4.68 Å². The van der Waals surface area contributed by atoms with E-state index in [1.807, 2.05) is 29.9 Å². The molecule has 0 saturated carbocycles. The van der Waals surface area contributed by atoms with Gasteiger partial charge in [0.15, 0.2) is 5.69 Å². The number of fused-ring (bicyclic) bond motifs is 4. The second-order valence-electron chi connectivity index (χ2n) is 7.31. The highest BCUT2D eigenvalue weighted by Gasteiger charge is 2.37. The maximum absolute atomic E-state index is 11.7. The van der Waals surface area contributed by atoms with Crippen LogP contribution < -0.4 is 0 Å². The molecule has 3 saturated heterocycles. The summed E-state index contributed by atoms with van der Waals surface area (Å²) in [5.74, 6) is -0.386. The fraction of sp³-hybridized carbons (Fsp3) is 0.421. The summed E-state index contributed by atoms with van der Waals surface area (Å²) >= 11 is 1.65. The fourth-order valence-corrected chi connectivity index (χ4v) is 5.14. The fourth-order valence-electron chi connectivity index (χ4n) is 4.38. The molecule has 5 heterocycles. The maximum atomic E-state index is 11.7. The molecule has 2 aromatic heterocycles. The van der Waals surface area contributed by atoms with Crippen molar-refractivity contribution in [1.29, 1.82) is 0 Å². The first-order chi connectivity index (χ1) is 12.6. The number of hydrogen-bond acceptors (Lipinski definition) is 5. The molecular weight excluding hydrogens is 348 g/mol. The van der Waals surface area contributed by atoms with Crippen LogP contribution in [0.1, 0.15) is 34.2 Å². The van der Waals surface area contributed by atoms with Crippen molar-refractivity contribution in [2.45, 2.75) is 25.8 Å². The van der Waals surface area contributed by atoms with E-state index in [2.05, 4.69) is 21.0 Å². The molecule has 6 rings (SSSR count). The lowest BCUT2D eigenvalue weighted by Gasteiger charge is -2.44. The van der Waals surface area contributed by atoms with E-state index in [9.17, 15) is 9.90 Å². The first-order valence-electron chi connectivity index (χ1n) is 9.01. The summed E-state index contributed by atoms with van der Waals surface area (Å²) < 4.78 is 1.98. The minimum Gasteiger partial charge on any atom is -0.476 e. The van der Waals surface area contributed by atoms with E-state index in [4.69, 9.17) is 0 Å². The van der Waals surface area contributed by atoms with Crippen LogP contribution in [0.3, 0.4) is 0 Å². The van der Waals surface area contributed by atoms with Crippen molar-refractivity contribution in [2.75, 3.05) is 19.6 Å². The van der Waals surface area contributed by atoms with Gasteiger partial charge in [-0.2, -0.15) is 5.10 Å². The van der Waals surface area contributed by atoms with Gasteiger partial charge in [-0.15, -0.1) is 11.3 Å². The predicted molar refractivity (Wildman–Crippen MR) is 101 cm³/mol. The zero-order chi connectivity index (χ0) is 17.8. The van der Waals surface area contributed by atoms with Crippen molar-refractivity contribution in [2.24, 2.45) is 5.92 Å². The van der Waals surface area contributed by atoms with Crippen molar-refractivity contribution >= 4 is 28.2 Å². The van der Waals surface area contributed by atoms with Gasteiger partial charge in [0.2, 0.25) is 0 Å². The van der Waals surface area contributed by atoms with E-state index in [1.54, 1.807) is 11.3 Å². The van der Waals surface area contributed by atoms with Gasteiger partial charge < -0.3 is 10.0 Å². The van der Waals surface area contributed by atoms with Crippen LogP contribution in [0.4, 0.5) is 0 Å². The average Bonchev–Trinajstić information content (AvgIpc) is 3.26. The summed E-state index contributed by atoms with van der Waals surface area (Å²) in [7, 11) is 0. The first kappa shape index (κ1) is 16.0. The minimum absolute atomic E-state index is 0.151. The first-order valence-corrected chi connectivity index (χ1v) is 9.82. The lowest BCUT2D eigenvalue weighted by atomic mass is 9.84. The zero-order valence-corrected chi connectivity index (χ0v) is 15.4. The summed E-state index contributed by atoms with van der Waals surface area (Å²) in [6.07, 6.45) is 4.21. The van der Waals surface area contributed by atoms with E-state index in [1.165, 1.54) is 12.8 Å². The molecular formula is C19H20N4O2S. The number of nitrogens with zero attached hydrogens (tertiary/aromatic N) is 4. The van der Waals surface area contributed by atoms with E-state index in [0.717, 1.165) is 40.6 Å². The Morgan fingerprint density at radius 2 is 2.12 bits per heavy atom. The average molecular weight is 368 g/mol. The van der Waals surface area contributed by atoms with E-state index >= 15 is 0 Å². The summed E-state index contributed by atoms with van der Waals surface area (Å²) in [4.78, 5) is 19.8. The van der Waals surface area contributed by atoms with Crippen LogP contribution in [-0.4, -0.2) is 50.4 Å². The number of aromatic carboxylic acids is 1. The summed E-state index contributed by atoms with van der Waals surface area (Å²) in [6.45, 7) is 5.30. The number of hydrogen-bond donors (Lipinski definition) is 1. The van der Waals surface area contributed by atoms with Crippen molar-refractivity contribution in [3.8, 4) is 10.6 Å². The monoisotopic (exact) mass is 368 g/mol. The molecule has 1 atom stereocenters. The van der Waals surface area contributed by atoms with Crippen LogP contribution in [0.2, 0.25) is 0 Å². The highest BCUT2D eigenvalue weighted by atomic mass is 32.1. The van der Waals surface area contributed by atoms with E-state index in [0.29, 0.717) is 11.3 Å². The quantitative estimate of drug-likeness (QED) is 0.767. The van der Waals surface area contributed by atoms with Gasteiger partial charge in [-0.1, -0.05) is 6.07 Å². The molecule has 134 valence electrons. The Morgan fingerprint density at radius 1 is 1.31 bits per heavy atom. The molecule has 3 aromatic rings. The Balaban J connectivity index is 1.67. The van der Waals surface area contributed by atoms with Gasteiger partial charge in [0.1, 0.15) is 5.01 Å². The summed E-state index contributed by atoms with van der Waals surface area (Å²) in [5.41, 5.74) is 2.08. The molecule has 26 heavy (non-hydrogen) atoms. The Labute approximate surface area is 155 Å². The number of piperidine rings is 3. The molecule has 7 heteroatoms. The Morgan fingerprint density at radius 3 is 2.73 bits per heavy atom.